The third kappa shape index (κ3) is 2.71. The number of thioether (sulfide) groups is 1. The van der Waals surface area contributed by atoms with E-state index < -0.39 is 5.54 Å². The molecular weight excluding hydrogens is 352 g/mol. The lowest BCUT2D eigenvalue weighted by Gasteiger charge is -2.40. The molecule has 0 aliphatic carbocycles. The molecule has 0 unspecified atom stereocenters. The molecule has 0 aromatic carbocycles. The van der Waals surface area contributed by atoms with Gasteiger partial charge in [0.25, 0.3) is 5.91 Å². The van der Waals surface area contributed by atoms with Gasteiger partial charge in [0, 0.05) is 27.2 Å². The molecule has 1 aromatic heterocycles. The van der Waals surface area contributed by atoms with Crippen LogP contribution in [-0.4, -0.2) is 81.2 Å². The van der Waals surface area contributed by atoms with Crippen molar-refractivity contribution in [1.82, 2.24) is 24.9 Å². The molecule has 3 rings (SSSR count). The summed E-state index contributed by atoms with van der Waals surface area (Å²) in [5, 5.41) is 7.95. The van der Waals surface area contributed by atoms with Crippen molar-refractivity contribution >= 4 is 46.1 Å². The minimum Gasteiger partial charge on any atom is -0.374 e. The van der Waals surface area contributed by atoms with E-state index in [1.165, 1.54) is 35.0 Å². The van der Waals surface area contributed by atoms with Crippen LogP contribution in [0.4, 0.5) is 9.93 Å². The Morgan fingerprint density at radius 2 is 1.96 bits per heavy atom. The van der Waals surface area contributed by atoms with E-state index in [-0.39, 0.29) is 23.6 Å². The molecule has 2 N–H and O–H groups in total. The molecular formula is C13H18N6O3S2. The van der Waals surface area contributed by atoms with Gasteiger partial charge in [-0.15, -0.1) is 10.2 Å². The predicted molar refractivity (Wildman–Crippen MR) is 89.5 cm³/mol. The highest BCUT2D eigenvalue weighted by Crippen LogP contribution is 2.35. The fourth-order valence-corrected chi connectivity index (χ4v) is 4.66. The monoisotopic (exact) mass is 370 g/mol. The van der Waals surface area contributed by atoms with Gasteiger partial charge in [0.2, 0.25) is 11.0 Å². The number of carbonyl (C=O) groups excluding carboxylic acids is 3. The van der Waals surface area contributed by atoms with Crippen molar-refractivity contribution in [3.8, 4) is 0 Å². The van der Waals surface area contributed by atoms with Crippen molar-refractivity contribution in [2.75, 3.05) is 38.7 Å². The second-order valence-electron chi connectivity index (χ2n) is 5.81. The Kier molecular flexibility index (Phi) is 4.38. The van der Waals surface area contributed by atoms with E-state index in [1.54, 1.807) is 11.9 Å². The van der Waals surface area contributed by atoms with Crippen LogP contribution in [-0.2, 0) is 9.59 Å². The molecule has 2 aliphatic rings. The van der Waals surface area contributed by atoms with Crippen molar-refractivity contribution in [1.29, 1.82) is 0 Å². The molecule has 0 saturated carbocycles. The standard InChI is InChI=1S/C13H18N6O3S2/c1-17-9(21)13(18(2)12(17)22)3-5-19(6-4-13)8(20)7-23-11-16-15-10(14)24-11/h3-7H2,1-2H3,(H2,14,15). The summed E-state index contributed by atoms with van der Waals surface area (Å²) in [6, 6.07) is -0.288. The number of carbonyl (C=O) groups is 3. The van der Waals surface area contributed by atoms with Crippen LogP contribution in [0.2, 0.25) is 0 Å². The summed E-state index contributed by atoms with van der Waals surface area (Å²) in [7, 11) is 3.15. The van der Waals surface area contributed by atoms with Gasteiger partial charge in [-0.2, -0.15) is 0 Å². The number of rotatable bonds is 3. The van der Waals surface area contributed by atoms with E-state index in [0.29, 0.717) is 35.4 Å². The van der Waals surface area contributed by atoms with Gasteiger partial charge in [-0.25, -0.2) is 4.79 Å². The number of likely N-dealkylation sites (N-methyl/N-ethyl adjacent to an activating group) is 2. The summed E-state index contributed by atoms with van der Waals surface area (Å²) in [6.07, 6.45) is 0.918. The van der Waals surface area contributed by atoms with E-state index in [0.717, 1.165) is 4.90 Å². The topological polar surface area (TPSA) is 113 Å². The maximum Gasteiger partial charge on any atom is 0.327 e. The van der Waals surface area contributed by atoms with Crippen LogP contribution in [0.5, 0.6) is 0 Å². The molecule has 3 heterocycles. The number of anilines is 1. The highest BCUT2D eigenvalue weighted by molar-refractivity contribution is 8.01. The van der Waals surface area contributed by atoms with E-state index in [2.05, 4.69) is 10.2 Å². The van der Waals surface area contributed by atoms with Gasteiger partial charge in [-0.05, 0) is 12.8 Å². The smallest absolute Gasteiger partial charge is 0.327 e. The molecule has 1 aromatic rings. The van der Waals surface area contributed by atoms with Crippen molar-refractivity contribution < 1.29 is 14.4 Å². The zero-order valence-electron chi connectivity index (χ0n) is 13.4. The SMILES string of the molecule is CN1C(=O)N(C)C2(CCN(C(=O)CSc3nnc(N)s3)CC2)C1=O. The summed E-state index contributed by atoms with van der Waals surface area (Å²) in [6.45, 7) is 0.906. The summed E-state index contributed by atoms with van der Waals surface area (Å²) in [5.74, 6) is 0.0572. The molecule has 11 heteroatoms. The Hall–Kier alpha value is -1.88. The summed E-state index contributed by atoms with van der Waals surface area (Å²) in [4.78, 5) is 41.1. The van der Waals surface area contributed by atoms with Gasteiger partial charge in [-0.3, -0.25) is 14.5 Å². The summed E-state index contributed by atoms with van der Waals surface area (Å²) in [5.41, 5.74) is 4.71. The van der Waals surface area contributed by atoms with Gasteiger partial charge < -0.3 is 15.5 Å². The average Bonchev–Trinajstić information content (AvgIpc) is 3.07. The van der Waals surface area contributed by atoms with Crippen molar-refractivity contribution in [2.45, 2.75) is 22.7 Å². The van der Waals surface area contributed by atoms with Crippen molar-refractivity contribution in [2.24, 2.45) is 0 Å². The summed E-state index contributed by atoms with van der Waals surface area (Å²) < 4.78 is 0.659. The van der Waals surface area contributed by atoms with Crippen LogP contribution in [0, 0.1) is 0 Å². The molecule has 0 bridgehead atoms. The van der Waals surface area contributed by atoms with Gasteiger partial charge in [0.05, 0.1) is 5.75 Å². The fourth-order valence-electron chi connectivity index (χ4n) is 3.12. The number of urea groups is 1. The van der Waals surface area contributed by atoms with Gasteiger partial charge in [-0.1, -0.05) is 23.1 Å². The second kappa shape index (κ2) is 6.20. The highest BCUT2D eigenvalue weighted by Gasteiger charge is 2.55. The van der Waals surface area contributed by atoms with Crippen molar-refractivity contribution in [3.05, 3.63) is 0 Å². The minimum absolute atomic E-state index is 0.0172. The zero-order chi connectivity index (χ0) is 17.5. The van der Waals surface area contributed by atoms with E-state index >= 15 is 0 Å². The van der Waals surface area contributed by atoms with E-state index in [1.807, 2.05) is 0 Å². The molecule has 0 atom stereocenters. The second-order valence-corrected chi connectivity index (χ2v) is 8.04. The first-order valence-corrected chi connectivity index (χ1v) is 9.21. The van der Waals surface area contributed by atoms with Crippen LogP contribution in [0.3, 0.4) is 0 Å². The van der Waals surface area contributed by atoms with E-state index in [4.69, 9.17) is 5.73 Å². The number of likely N-dealkylation sites (tertiary alicyclic amines) is 1. The van der Waals surface area contributed by atoms with Crippen LogP contribution in [0.25, 0.3) is 0 Å². The fraction of sp³-hybridized carbons (Fsp3) is 0.615. The molecule has 4 amide bonds. The molecule has 0 radical (unpaired) electrons. The molecule has 24 heavy (non-hydrogen) atoms. The van der Waals surface area contributed by atoms with E-state index in [9.17, 15) is 14.4 Å². The molecule has 1 spiro atoms. The quantitative estimate of drug-likeness (QED) is 0.593. The summed E-state index contributed by atoms with van der Waals surface area (Å²) >= 11 is 2.55. The predicted octanol–water partition coefficient (Wildman–Crippen LogP) is 0.0974. The van der Waals surface area contributed by atoms with Gasteiger partial charge in [0.1, 0.15) is 5.54 Å². The maximum atomic E-state index is 12.4. The molecule has 2 aliphatic heterocycles. The number of hydrogen-bond donors (Lipinski definition) is 1. The first-order chi connectivity index (χ1) is 11.3. The number of nitrogens with zero attached hydrogens (tertiary/aromatic N) is 5. The highest BCUT2D eigenvalue weighted by atomic mass is 32.2. The third-order valence-electron chi connectivity index (χ3n) is 4.60. The zero-order valence-corrected chi connectivity index (χ0v) is 15.0. The van der Waals surface area contributed by atoms with Crippen molar-refractivity contribution in [3.63, 3.8) is 0 Å². The number of amides is 4. The average molecular weight is 370 g/mol. The molecule has 2 saturated heterocycles. The number of aromatic nitrogens is 2. The molecule has 130 valence electrons. The minimum atomic E-state index is -0.802. The Bertz CT molecular complexity index is 685. The number of imide groups is 1. The number of nitrogens with two attached hydrogens (primary N) is 1. The van der Waals surface area contributed by atoms with Crippen LogP contribution >= 0.6 is 23.1 Å². The maximum absolute atomic E-state index is 12.4. The Morgan fingerprint density at radius 1 is 1.29 bits per heavy atom. The van der Waals surface area contributed by atoms with Gasteiger partial charge in [0.15, 0.2) is 4.34 Å². The lowest BCUT2D eigenvalue weighted by molar-refractivity contribution is -0.138. The lowest BCUT2D eigenvalue weighted by Crippen LogP contribution is -2.56. The Labute approximate surface area is 147 Å². The largest absolute Gasteiger partial charge is 0.374 e. The van der Waals surface area contributed by atoms with Crippen LogP contribution < -0.4 is 5.73 Å². The van der Waals surface area contributed by atoms with Gasteiger partial charge >= 0.3 is 6.03 Å². The first kappa shape index (κ1) is 17.0. The van der Waals surface area contributed by atoms with Crippen LogP contribution in [0.1, 0.15) is 12.8 Å². The Morgan fingerprint density at radius 3 is 2.46 bits per heavy atom. The normalized spacial score (nSPS) is 20.3. The molecule has 9 nitrogen and oxygen atoms in total. The number of nitrogen functional groups attached to an aromatic ring is 1. The third-order valence-corrected chi connectivity index (χ3v) is 6.47. The Balaban J connectivity index is 1.58. The first-order valence-electron chi connectivity index (χ1n) is 7.40. The van der Waals surface area contributed by atoms with Crippen LogP contribution in [0.15, 0.2) is 4.34 Å². The number of hydrogen-bond acceptors (Lipinski definition) is 8. The lowest BCUT2D eigenvalue weighted by atomic mass is 9.86. The molecule has 2 fully saturated rings. The number of piperidine rings is 1.